The average molecular weight is 552 g/mol. The normalized spacial score (nSPS) is 14.5. The maximum atomic E-state index is 14.1. The molecule has 2 unspecified atom stereocenters. The van der Waals surface area contributed by atoms with E-state index in [0.717, 1.165) is 5.56 Å². The van der Waals surface area contributed by atoms with Crippen LogP contribution < -0.4 is 11.1 Å². The van der Waals surface area contributed by atoms with Gasteiger partial charge in [0.05, 0.1) is 24.3 Å². The first-order valence-electron chi connectivity index (χ1n) is 12.6. The molecule has 0 aliphatic carbocycles. The Hall–Kier alpha value is -3.79. The van der Waals surface area contributed by atoms with Gasteiger partial charge in [-0.15, -0.1) is 0 Å². The molecule has 1 amide bonds. The molecule has 0 saturated heterocycles. The number of anilines is 2. The Morgan fingerprint density at radius 2 is 1.85 bits per heavy atom. The van der Waals surface area contributed by atoms with E-state index in [1.54, 1.807) is 30.0 Å². The molecule has 1 aromatic heterocycles. The quantitative estimate of drug-likeness (QED) is 0.302. The number of rotatable bonds is 8. The summed E-state index contributed by atoms with van der Waals surface area (Å²) < 4.78 is 35.6. The summed E-state index contributed by atoms with van der Waals surface area (Å²) >= 11 is 5.85. The lowest BCUT2D eigenvalue weighted by Crippen LogP contribution is -2.51. The minimum atomic E-state index is -0.846. The highest BCUT2D eigenvalue weighted by Crippen LogP contribution is 2.34. The number of imidazole rings is 1. The Balaban J connectivity index is 1.36. The van der Waals surface area contributed by atoms with Crippen molar-refractivity contribution in [2.45, 2.75) is 38.8 Å². The van der Waals surface area contributed by atoms with Gasteiger partial charge in [0, 0.05) is 24.3 Å². The third-order valence-electron chi connectivity index (χ3n) is 6.73. The molecule has 2 atom stereocenters. The van der Waals surface area contributed by atoms with E-state index in [2.05, 4.69) is 5.32 Å². The third-order valence-corrected chi connectivity index (χ3v) is 7.04. The molecule has 10 heteroatoms. The fourth-order valence-corrected chi connectivity index (χ4v) is 4.60. The first-order chi connectivity index (χ1) is 18.8. The number of benzene rings is 3. The minimum absolute atomic E-state index is 0.0158. The van der Waals surface area contributed by atoms with E-state index in [1.165, 1.54) is 24.3 Å². The van der Waals surface area contributed by atoms with Crippen LogP contribution in [-0.4, -0.2) is 39.0 Å². The van der Waals surface area contributed by atoms with Crippen LogP contribution in [0.2, 0.25) is 5.02 Å². The smallest absolute Gasteiger partial charge is 0.242 e. The number of hydrogen-bond donors (Lipinski definition) is 2. The topological polar surface area (TPSA) is 85.4 Å². The van der Waals surface area contributed by atoms with Gasteiger partial charge < -0.3 is 25.3 Å². The highest BCUT2D eigenvalue weighted by molar-refractivity contribution is 6.30. The number of ether oxygens (including phenoxy) is 1. The highest BCUT2D eigenvalue weighted by Gasteiger charge is 2.32. The van der Waals surface area contributed by atoms with Crippen LogP contribution >= 0.6 is 11.6 Å². The number of carbonyl (C=O) groups excluding carboxylic acids is 1. The van der Waals surface area contributed by atoms with Gasteiger partial charge in [0.15, 0.2) is 0 Å². The Morgan fingerprint density at radius 1 is 1.10 bits per heavy atom. The number of amides is 1. The zero-order chi connectivity index (χ0) is 27.5. The number of hydrogen-bond acceptors (Lipinski definition) is 5. The summed E-state index contributed by atoms with van der Waals surface area (Å²) in [6.45, 7) is 3.20. The van der Waals surface area contributed by atoms with E-state index in [4.69, 9.17) is 27.1 Å². The van der Waals surface area contributed by atoms with E-state index >= 15 is 0 Å². The molecule has 39 heavy (non-hydrogen) atoms. The molecule has 7 nitrogen and oxygen atoms in total. The van der Waals surface area contributed by atoms with Crippen molar-refractivity contribution in [3.63, 3.8) is 0 Å². The fraction of sp³-hybridized carbons (Fsp3) is 0.241. The molecule has 1 aliphatic rings. The molecular weight excluding hydrogens is 524 g/mol. The maximum Gasteiger partial charge on any atom is 0.242 e. The largest absolute Gasteiger partial charge is 0.372 e. The Labute approximate surface area is 230 Å². The van der Waals surface area contributed by atoms with Gasteiger partial charge in [-0.1, -0.05) is 41.9 Å². The van der Waals surface area contributed by atoms with Crippen molar-refractivity contribution in [3.05, 3.63) is 101 Å². The van der Waals surface area contributed by atoms with Crippen molar-refractivity contribution >= 4 is 29.0 Å². The number of nitrogens with one attached hydrogen (secondary N) is 1. The van der Waals surface area contributed by atoms with Gasteiger partial charge in [0.25, 0.3) is 0 Å². The van der Waals surface area contributed by atoms with E-state index in [9.17, 15) is 13.6 Å². The zero-order valence-corrected chi connectivity index (χ0v) is 22.0. The summed E-state index contributed by atoms with van der Waals surface area (Å²) in [6.07, 6.45) is -0.494. The highest BCUT2D eigenvalue weighted by atomic mass is 35.5. The van der Waals surface area contributed by atoms with Crippen LogP contribution in [0.25, 0.3) is 11.3 Å². The van der Waals surface area contributed by atoms with Crippen LogP contribution in [0, 0.1) is 11.6 Å². The van der Waals surface area contributed by atoms with Gasteiger partial charge in [-0.25, -0.2) is 13.8 Å². The number of halogens is 3. The number of carbonyl (C=O) groups is 1. The standard InChI is InChI=1S/C29H28ClF2N5O2/c1-18(39-17-19-5-3-2-4-6-19)26(33)29(38)36-13-14-37-25(16-36)35-27(20-7-9-21(31)10-8-20)28(37)34-22-11-12-23(30)24(32)15-22/h2-12,15,18,26,34H,13-14,16-17,33H2,1H3. The first kappa shape index (κ1) is 26.8. The van der Waals surface area contributed by atoms with Crippen LogP contribution in [0.3, 0.4) is 0 Å². The lowest BCUT2D eigenvalue weighted by molar-refractivity contribution is -0.137. The Morgan fingerprint density at radius 3 is 2.56 bits per heavy atom. The molecule has 4 aromatic rings. The number of nitrogens with two attached hydrogens (primary N) is 1. The molecule has 1 aliphatic heterocycles. The van der Waals surface area contributed by atoms with Gasteiger partial charge >= 0.3 is 0 Å². The fourth-order valence-electron chi connectivity index (χ4n) is 4.48. The Bertz CT molecular complexity index is 1460. The molecule has 202 valence electrons. The summed E-state index contributed by atoms with van der Waals surface area (Å²) in [5.74, 6) is 0.0664. The van der Waals surface area contributed by atoms with Crippen molar-refractivity contribution in [2.24, 2.45) is 5.73 Å². The lowest BCUT2D eigenvalue weighted by Gasteiger charge is -2.32. The predicted molar refractivity (Wildman–Crippen MR) is 146 cm³/mol. The average Bonchev–Trinajstić information content (AvgIpc) is 3.31. The van der Waals surface area contributed by atoms with E-state index in [0.29, 0.717) is 48.3 Å². The van der Waals surface area contributed by atoms with E-state index in [-0.39, 0.29) is 23.3 Å². The second-order valence-corrected chi connectivity index (χ2v) is 9.83. The minimum Gasteiger partial charge on any atom is -0.372 e. The van der Waals surface area contributed by atoms with Crippen LogP contribution in [0.15, 0.2) is 72.8 Å². The lowest BCUT2D eigenvalue weighted by atomic mass is 10.1. The van der Waals surface area contributed by atoms with Crippen molar-refractivity contribution in [1.29, 1.82) is 0 Å². The van der Waals surface area contributed by atoms with Crippen molar-refractivity contribution < 1.29 is 18.3 Å². The molecule has 0 saturated carbocycles. The second-order valence-electron chi connectivity index (χ2n) is 9.42. The van der Waals surface area contributed by atoms with Crippen molar-refractivity contribution in [2.75, 3.05) is 11.9 Å². The zero-order valence-electron chi connectivity index (χ0n) is 21.3. The first-order valence-corrected chi connectivity index (χ1v) is 13.0. The number of aromatic nitrogens is 2. The van der Waals surface area contributed by atoms with Crippen LogP contribution in [0.4, 0.5) is 20.3 Å². The monoisotopic (exact) mass is 551 g/mol. The summed E-state index contributed by atoms with van der Waals surface area (Å²) in [5, 5.41) is 3.25. The Kier molecular flexibility index (Phi) is 7.92. The molecule has 0 spiro atoms. The summed E-state index contributed by atoms with van der Waals surface area (Å²) in [5.41, 5.74) is 9.01. The number of nitrogens with zero attached hydrogens (tertiary/aromatic N) is 3. The van der Waals surface area contributed by atoms with Crippen molar-refractivity contribution in [1.82, 2.24) is 14.5 Å². The third kappa shape index (κ3) is 5.95. The van der Waals surface area contributed by atoms with Crippen molar-refractivity contribution in [3.8, 4) is 11.3 Å². The predicted octanol–water partition coefficient (Wildman–Crippen LogP) is 5.50. The SMILES string of the molecule is CC(OCc1ccccc1)C(N)C(=O)N1CCn2c(nc(-c3ccc(F)cc3)c2Nc2ccc(Cl)c(F)c2)C1. The molecule has 0 fully saturated rings. The maximum absolute atomic E-state index is 14.1. The van der Waals surface area contributed by atoms with Crippen LogP contribution in [0.5, 0.6) is 0 Å². The molecule has 2 heterocycles. The van der Waals surface area contributed by atoms with Gasteiger partial charge in [-0.05, 0) is 55.0 Å². The molecule has 3 N–H and O–H groups in total. The van der Waals surface area contributed by atoms with E-state index in [1.807, 2.05) is 34.9 Å². The van der Waals surface area contributed by atoms with E-state index < -0.39 is 18.0 Å². The summed E-state index contributed by atoms with van der Waals surface area (Å²) in [4.78, 5) is 19.7. The van der Waals surface area contributed by atoms with Gasteiger partial charge in [-0.2, -0.15) is 0 Å². The van der Waals surface area contributed by atoms with Gasteiger partial charge in [0.1, 0.15) is 35.0 Å². The molecule has 0 radical (unpaired) electrons. The summed E-state index contributed by atoms with van der Waals surface area (Å²) in [7, 11) is 0. The molecule has 3 aromatic carbocycles. The van der Waals surface area contributed by atoms with Gasteiger partial charge in [-0.3, -0.25) is 4.79 Å². The summed E-state index contributed by atoms with van der Waals surface area (Å²) in [6, 6.07) is 19.2. The molecule has 0 bridgehead atoms. The van der Waals surface area contributed by atoms with Gasteiger partial charge in [0.2, 0.25) is 5.91 Å². The van der Waals surface area contributed by atoms with Crippen LogP contribution in [0.1, 0.15) is 18.3 Å². The van der Waals surface area contributed by atoms with Crippen LogP contribution in [-0.2, 0) is 29.2 Å². The number of fused-ring (bicyclic) bond motifs is 1. The molecular formula is C29H28ClF2N5O2. The second kappa shape index (κ2) is 11.5. The molecule has 5 rings (SSSR count).